The summed E-state index contributed by atoms with van der Waals surface area (Å²) in [6.45, 7) is 1.60. The molecule has 0 unspecified atom stereocenters. The molecular weight excluding hydrogens is 408 g/mol. The van der Waals surface area contributed by atoms with E-state index in [9.17, 15) is 14.4 Å². The van der Waals surface area contributed by atoms with Gasteiger partial charge in [-0.3, -0.25) is 19.3 Å². The molecule has 0 aliphatic carbocycles. The van der Waals surface area contributed by atoms with Crippen LogP contribution in [0.4, 0.5) is 10.5 Å². The molecule has 3 aromatic carbocycles. The smallest absolute Gasteiger partial charge is 0.294 e. The summed E-state index contributed by atoms with van der Waals surface area (Å²) < 4.78 is 0. The Hall–Kier alpha value is -3.64. The van der Waals surface area contributed by atoms with Gasteiger partial charge in [0, 0.05) is 5.69 Å². The van der Waals surface area contributed by atoms with Gasteiger partial charge >= 0.3 is 0 Å². The third-order valence-corrected chi connectivity index (χ3v) is 5.70. The third kappa shape index (κ3) is 4.92. The van der Waals surface area contributed by atoms with Crippen LogP contribution in [-0.4, -0.2) is 28.5 Å². The monoisotopic (exact) mass is 428 g/mol. The number of carbonyl (C=O) groups excluding carboxylic acids is 3. The molecule has 31 heavy (non-hydrogen) atoms. The topological polar surface area (TPSA) is 66.5 Å². The standard InChI is InChI=1S/C25H20N2O3S/c1-17-6-5-9-21(14-17)26-23(28)16-27-24(29)22(31-25(27)30)15-18-10-12-20(13-11-18)19-7-3-2-4-8-19/h2-15H,16H2,1H3,(H,26,28)/b22-15+. The molecule has 6 heteroatoms. The molecule has 0 aromatic heterocycles. The third-order valence-electron chi connectivity index (χ3n) is 4.79. The molecule has 1 heterocycles. The van der Waals surface area contributed by atoms with E-state index in [4.69, 9.17) is 0 Å². The van der Waals surface area contributed by atoms with Crippen molar-refractivity contribution in [1.82, 2.24) is 4.90 Å². The van der Waals surface area contributed by atoms with Crippen LogP contribution in [0.25, 0.3) is 17.2 Å². The maximum absolute atomic E-state index is 12.7. The quantitative estimate of drug-likeness (QED) is 0.557. The second-order valence-electron chi connectivity index (χ2n) is 7.17. The zero-order chi connectivity index (χ0) is 21.8. The second-order valence-corrected chi connectivity index (χ2v) is 8.17. The SMILES string of the molecule is Cc1cccc(NC(=O)CN2C(=O)S/C(=C/c3ccc(-c4ccccc4)cc3)C2=O)c1. The van der Waals surface area contributed by atoms with Gasteiger partial charge in [0.05, 0.1) is 4.91 Å². The molecule has 0 radical (unpaired) electrons. The van der Waals surface area contributed by atoms with Crippen LogP contribution in [0.3, 0.4) is 0 Å². The first-order valence-electron chi connectivity index (χ1n) is 9.77. The molecule has 1 fully saturated rings. The molecule has 3 aromatic rings. The van der Waals surface area contributed by atoms with Crippen LogP contribution in [-0.2, 0) is 9.59 Å². The number of aryl methyl sites for hydroxylation is 1. The average Bonchev–Trinajstić information content (AvgIpc) is 3.02. The molecule has 1 aliphatic heterocycles. The van der Waals surface area contributed by atoms with E-state index in [2.05, 4.69) is 5.32 Å². The summed E-state index contributed by atoms with van der Waals surface area (Å²) in [6, 6.07) is 25.1. The Morgan fingerprint density at radius 1 is 0.935 bits per heavy atom. The number of imide groups is 1. The Kier molecular flexibility index (Phi) is 6.00. The summed E-state index contributed by atoms with van der Waals surface area (Å²) in [7, 11) is 0. The molecule has 1 aliphatic rings. The lowest BCUT2D eigenvalue weighted by Gasteiger charge is -2.12. The highest BCUT2D eigenvalue weighted by Crippen LogP contribution is 2.32. The van der Waals surface area contributed by atoms with Crippen molar-refractivity contribution in [2.24, 2.45) is 0 Å². The number of carbonyl (C=O) groups is 3. The van der Waals surface area contributed by atoms with Crippen molar-refractivity contribution < 1.29 is 14.4 Å². The summed E-state index contributed by atoms with van der Waals surface area (Å²) in [5, 5.41) is 2.28. The second kappa shape index (κ2) is 9.02. The number of amides is 3. The Balaban J connectivity index is 1.44. The molecule has 0 spiro atoms. The minimum Gasteiger partial charge on any atom is -0.325 e. The van der Waals surface area contributed by atoms with Gasteiger partial charge in [-0.05, 0) is 59.1 Å². The summed E-state index contributed by atoms with van der Waals surface area (Å²) in [6.07, 6.45) is 1.68. The number of benzene rings is 3. The molecule has 0 saturated carbocycles. The van der Waals surface area contributed by atoms with Gasteiger partial charge in [-0.15, -0.1) is 0 Å². The largest absolute Gasteiger partial charge is 0.325 e. The average molecular weight is 429 g/mol. The van der Waals surface area contributed by atoms with Gasteiger partial charge in [0.15, 0.2) is 0 Å². The van der Waals surface area contributed by atoms with Crippen LogP contribution >= 0.6 is 11.8 Å². The molecule has 3 amide bonds. The lowest BCUT2D eigenvalue weighted by molar-refractivity contribution is -0.127. The van der Waals surface area contributed by atoms with Crippen LogP contribution in [0.1, 0.15) is 11.1 Å². The Morgan fingerprint density at radius 2 is 1.65 bits per heavy atom. The first kappa shape index (κ1) is 20.6. The Morgan fingerprint density at radius 3 is 2.35 bits per heavy atom. The molecule has 0 bridgehead atoms. The first-order valence-corrected chi connectivity index (χ1v) is 10.6. The normalized spacial score (nSPS) is 14.9. The maximum atomic E-state index is 12.7. The fourth-order valence-corrected chi connectivity index (χ4v) is 4.10. The minimum absolute atomic E-state index is 0.306. The zero-order valence-corrected chi connectivity index (χ0v) is 17.7. The van der Waals surface area contributed by atoms with E-state index in [1.54, 1.807) is 12.1 Å². The number of nitrogens with one attached hydrogen (secondary N) is 1. The van der Waals surface area contributed by atoms with Gasteiger partial charge in [-0.2, -0.15) is 0 Å². The van der Waals surface area contributed by atoms with Crippen LogP contribution < -0.4 is 5.32 Å². The van der Waals surface area contributed by atoms with Gasteiger partial charge in [-0.25, -0.2) is 0 Å². The van der Waals surface area contributed by atoms with E-state index in [-0.39, 0.29) is 6.54 Å². The van der Waals surface area contributed by atoms with Crippen LogP contribution in [0, 0.1) is 6.92 Å². The molecular formula is C25H20N2O3S. The van der Waals surface area contributed by atoms with Gasteiger partial charge in [0.2, 0.25) is 5.91 Å². The number of anilines is 1. The molecule has 1 N–H and O–H groups in total. The zero-order valence-electron chi connectivity index (χ0n) is 16.9. The highest BCUT2D eigenvalue weighted by molar-refractivity contribution is 8.18. The fraction of sp³-hybridized carbons (Fsp3) is 0.0800. The molecule has 0 atom stereocenters. The minimum atomic E-state index is -0.457. The number of nitrogens with zero attached hydrogens (tertiary/aromatic N) is 1. The molecule has 4 rings (SSSR count). The van der Waals surface area contributed by atoms with Gasteiger partial charge in [0.1, 0.15) is 6.54 Å². The van der Waals surface area contributed by atoms with Crippen molar-refractivity contribution in [3.8, 4) is 11.1 Å². The highest BCUT2D eigenvalue weighted by atomic mass is 32.2. The fourth-order valence-electron chi connectivity index (χ4n) is 3.26. The Labute approximate surface area is 184 Å². The van der Waals surface area contributed by atoms with Crippen molar-refractivity contribution in [2.75, 3.05) is 11.9 Å². The summed E-state index contributed by atoms with van der Waals surface area (Å²) >= 11 is 0.846. The number of hydrogen-bond donors (Lipinski definition) is 1. The summed E-state index contributed by atoms with van der Waals surface area (Å²) in [4.78, 5) is 38.6. The first-order chi connectivity index (χ1) is 15.0. The van der Waals surface area contributed by atoms with Crippen molar-refractivity contribution >= 4 is 40.6 Å². The predicted octanol–water partition coefficient (Wildman–Crippen LogP) is 5.34. The van der Waals surface area contributed by atoms with Crippen molar-refractivity contribution in [3.63, 3.8) is 0 Å². The van der Waals surface area contributed by atoms with E-state index >= 15 is 0 Å². The number of thioether (sulfide) groups is 1. The summed E-state index contributed by atoms with van der Waals surface area (Å²) in [5.74, 6) is -0.872. The molecule has 1 saturated heterocycles. The van der Waals surface area contributed by atoms with Crippen molar-refractivity contribution in [2.45, 2.75) is 6.92 Å². The van der Waals surface area contributed by atoms with Crippen molar-refractivity contribution in [1.29, 1.82) is 0 Å². The van der Waals surface area contributed by atoms with E-state index in [0.717, 1.165) is 38.9 Å². The van der Waals surface area contributed by atoms with Gasteiger partial charge in [-0.1, -0.05) is 66.7 Å². The van der Waals surface area contributed by atoms with E-state index < -0.39 is 17.1 Å². The van der Waals surface area contributed by atoms with Gasteiger partial charge in [0.25, 0.3) is 11.1 Å². The number of rotatable bonds is 5. The predicted molar refractivity (Wildman–Crippen MR) is 124 cm³/mol. The van der Waals surface area contributed by atoms with Crippen LogP contribution in [0.15, 0.2) is 83.8 Å². The van der Waals surface area contributed by atoms with Crippen molar-refractivity contribution in [3.05, 3.63) is 94.9 Å². The Bertz CT molecular complexity index is 1170. The van der Waals surface area contributed by atoms with E-state index in [1.807, 2.05) is 79.7 Å². The lowest BCUT2D eigenvalue weighted by atomic mass is 10.0. The maximum Gasteiger partial charge on any atom is 0.294 e. The van der Waals surface area contributed by atoms with E-state index in [1.165, 1.54) is 0 Å². The number of hydrogen-bond acceptors (Lipinski definition) is 4. The van der Waals surface area contributed by atoms with Gasteiger partial charge < -0.3 is 5.32 Å². The van der Waals surface area contributed by atoms with Crippen LogP contribution in [0.2, 0.25) is 0 Å². The summed E-state index contributed by atoms with van der Waals surface area (Å²) in [5.41, 5.74) is 4.62. The highest BCUT2D eigenvalue weighted by Gasteiger charge is 2.36. The molecule has 5 nitrogen and oxygen atoms in total. The van der Waals surface area contributed by atoms with Crippen LogP contribution in [0.5, 0.6) is 0 Å². The lowest BCUT2D eigenvalue weighted by Crippen LogP contribution is -2.36. The van der Waals surface area contributed by atoms with E-state index in [0.29, 0.717) is 10.6 Å². The molecule has 154 valence electrons.